The van der Waals surface area contributed by atoms with Crippen LogP contribution in [0.3, 0.4) is 0 Å². The van der Waals surface area contributed by atoms with E-state index in [1.54, 1.807) is 0 Å². The van der Waals surface area contributed by atoms with E-state index < -0.39 is 53.9 Å². The molecule has 0 saturated carbocycles. The highest BCUT2D eigenvalue weighted by atomic mass is 32.2. The smallest absolute Gasteiger partial charge is 0.273 e. The number of nitrogens with one attached hydrogen (secondary N) is 1. The fourth-order valence-electron chi connectivity index (χ4n) is 3.48. The molecule has 2 bridgehead atoms. The molecule has 1 aromatic carbocycles. The molecular formula is C14H13F3N4O5S2. The lowest BCUT2D eigenvalue weighted by molar-refractivity contribution is -0.166. The quantitative estimate of drug-likeness (QED) is 0.741. The number of hydrogen-bond acceptors (Lipinski definition) is 7. The van der Waals surface area contributed by atoms with Crippen LogP contribution in [0.2, 0.25) is 0 Å². The van der Waals surface area contributed by atoms with E-state index in [0.29, 0.717) is 0 Å². The summed E-state index contributed by atoms with van der Waals surface area (Å²) in [6, 6.07) is 3.65. The molecule has 152 valence electrons. The molecule has 4 rings (SSSR count). The first kappa shape index (κ1) is 19.3. The maximum absolute atomic E-state index is 13.0. The Morgan fingerprint density at radius 1 is 1.18 bits per heavy atom. The predicted octanol–water partition coefficient (Wildman–Crippen LogP) is 0.708. The number of rotatable bonds is 4. The first-order valence-corrected chi connectivity index (χ1v) is 11.1. The molecule has 2 atom stereocenters. The normalized spacial score (nSPS) is 29.6. The van der Waals surface area contributed by atoms with Gasteiger partial charge in [0, 0.05) is 18.7 Å². The average Bonchev–Trinajstić information content (AvgIpc) is 3.23. The Morgan fingerprint density at radius 2 is 1.79 bits per heavy atom. The molecule has 1 N–H and O–H groups in total. The molecule has 9 nitrogen and oxygen atoms in total. The van der Waals surface area contributed by atoms with Crippen molar-refractivity contribution in [2.45, 2.75) is 23.2 Å². The van der Waals surface area contributed by atoms with Crippen LogP contribution in [0.4, 0.5) is 13.2 Å². The molecule has 2 unspecified atom stereocenters. The van der Waals surface area contributed by atoms with Gasteiger partial charge in [-0.3, -0.25) is 4.79 Å². The van der Waals surface area contributed by atoms with Crippen LogP contribution in [-0.2, 0) is 30.5 Å². The summed E-state index contributed by atoms with van der Waals surface area (Å²) in [6.45, 7) is 0.0454. The fourth-order valence-corrected chi connectivity index (χ4v) is 6.61. The van der Waals surface area contributed by atoms with E-state index in [-0.39, 0.29) is 25.1 Å². The Morgan fingerprint density at radius 3 is 2.21 bits per heavy atom. The highest BCUT2D eigenvalue weighted by molar-refractivity contribution is 7.90. The minimum atomic E-state index is -4.75. The van der Waals surface area contributed by atoms with Gasteiger partial charge in [0.25, 0.3) is 10.0 Å². The lowest BCUT2D eigenvalue weighted by Crippen LogP contribution is -2.45. The SMILES string of the molecule is O=C(NS(=O)(=O)c1ccc(C2(C(F)(F)F)N=N2)cc1)C12CCN(C1)S(=O)(=O)C2. The van der Waals surface area contributed by atoms with Crippen LogP contribution in [0, 0.1) is 5.41 Å². The molecule has 3 aliphatic rings. The number of benzene rings is 1. The lowest BCUT2D eigenvalue weighted by Gasteiger charge is -2.23. The first-order chi connectivity index (χ1) is 12.8. The average molecular weight is 438 g/mol. The van der Waals surface area contributed by atoms with E-state index in [9.17, 15) is 34.8 Å². The zero-order valence-corrected chi connectivity index (χ0v) is 15.6. The molecule has 0 radical (unpaired) electrons. The van der Waals surface area contributed by atoms with E-state index in [1.165, 1.54) is 0 Å². The molecular weight excluding hydrogens is 425 g/mol. The van der Waals surface area contributed by atoms with Gasteiger partial charge in [0.2, 0.25) is 15.9 Å². The number of carbonyl (C=O) groups is 1. The van der Waals surface area contributed by atoms with Crippen LogP contribution in [0.25, 0.3) is 0 Å². The molecule has 1 aromatic rings. The third kappa shape index (κ3) is 2.73. The third-order valence-corrected chi connectivity index (χ3v) is 8.50. The zero-order valence-electron chi connectivity index (χ0n) is 14.0. The Labute approximate surface area is 157 Å². The van der Waals surface area contributed by atoms with Crippen molar-refractivity contribution in [3.8, 4) is 0 Å². The molecule has 28 heavy (non-hydrogen) atoms. The van der Waals surface area contributed by atoms with E-state index >= 15 is 0 Å². The van der Waals surface area contributed by atoms with E-state index in [0.717, 1.165) is 28.6 Å². The van der Waals surface area contributed by atoms with Crippen molar-refractivity contribution in [1.82, 2.24) is 9.03 Å². The largest absolute Gasteiger partial charge is 0.442 e. The molecule has 0 spiro atoms. The van der Waals surface area contributed by atoms with Gasteiger partial charge >= 0.3 is 11.8 Å². The maximum atomic E-state index is 13.0. The summed E-state index contributed by atoms with van der Waals surface area (Å²) < 4.78 is 90.6. The zero-order chi connectivity index (χ0) is 20.6. The lowest BCUT2D eigenvalue weighted by atomic mass is 9.89. The van der Waals surface area contributed by atoms with Gasteiger partial charge in [-0.25, -0.2) is 25.9 Å². The molecule has 1 amide bonds. The molecule has 2 saturated heterocycles. The molecule has 0 aliphatic carbocycles. The maximum Gasteiger partial charge on any atom is 0.442 e. The van der Waals surface area contributed by atoms with Gasteiger partial charge < -0.3 is 0 Å². The summed E-state index contributed by atoms with van der Waals surface area (Å²) in [6.07, 6.45) is -4.55. The molecule has 3 heterocycles. The summed E-state index contributed by atoms with van der Waals surface area (Å²) in [5.74, 6) is -1.42. The van der Waals surface area contributed by atoms with Crippen LogP contribution in [0.5, 0.6) is 0 Å². The minimum Gasteiger partial charge on any atom is -0.273 e. The van der Waals surface area contributed by atoms with Gasteiger partial charge in [0.05, 0.1) is 16.1 Å². The first-order valence-electron chi connectivity index (χ1n) is 7.98. The van der Waals surface area contributed by atoms with Crippen LogP contribution in [-0.4, -0.2) is 52.1 Å². The van der Waals surface area contributed by atoms with Crippen molar-refractivity contribution >= 4 is 26.0 Å². The van der Waals surface area contributed by atoms with Crippen LogP contribution in [0.1, 0.15) is 12.0 Å². The van der Waals surface area contributed by atoms with Gasteiger partial charge in [-0.15, -0.1) is 10.2 Å². The van der Waals surface area contributed by atoms with E-state index in [4.69, 9.17) is 0 Å². The van der Waals surface area contributed by atoms with Crippen molar-refractivity contribution in [2.24, 2.45) is 15.6 Å². The fraction of sp³-hybridized carbons (Fsp3) is 0.500. The summed E-state index contributed by atoms with van der Waals surface area (Å²) in [5.41, 5.74) is -4.38. The Bertz CT molecular complexity index is 1090. The van der Waals surface area contributed by atoms with Gasteiger partial charge in [-0.2, -0.15) is 13.2 Å². The Balaban J connectivity index is 1.54. The van der Waals surface area contributed by atoms with Crippen LogP contribution < -0.4 is 4.72 Å². The molecule has 0 aromatic heterocycles. The van der Waals surface area contributed by atoms with Crippen molar-refractivity contribution in [2.75, 3.05) is 18.8 Å². The summed E-state index contributed by atoms with van der Waals surface area (Å²) in [5, 5.41) is 6.05. The topological polar surface area (TPSA) is 125 Å². The number of nitrogens with zero attached hydrogens (tertiary/aromatic N) is 3. The van der Waals surface area contributed by atoms with Crippen molar-refractivity contribution in [3.05, 3.63) is 29.8 Å². The Kier molecular flexibility index (Phi) is 3.79. The van der Waals surface area contributed by atoms with Gasteiger partial charge in [-0.1, -0.05) is 12.1 Å². The second kappa shape index (κ2) is 5.51. The number of fused-ring (bicyclic) bond motifs is 2. The monoisotopic (exact) mass is 438 g/mol. The van der Waals surface area contributed by atoms with E-state index in [2.05, 4.69) is 10.2 Å². The Hall–Kier alpha value is -2.06. The second-order valence-electron chi connectivity index (χ2n) is 6.95. The van der Waals surface area contributed by atoms with Gasteiger partial charge in [-0.05, 0) is 18.6 Å². The van der Waals surface area contributed by atoms with Gasteiger partial charge in [0.1, 0.15) is 0 Å². The van der Waals surface area contributed by atoms with Crippen LogP contribution in [0.15, 0.2) is 39.4 Å². The standard InChI is InChI=1S/C14H13F3N4O5S2/c15-14(16,17)13(19-20-13)9-1-3-10(4-2-9)28(25,26)18-11(22)12-5-6-21(7-12)27(23,24)8-12/h1-4H,5-8H2,(H,18,22). The summed E-state index contributed by atoms with van der Waals surface area (Å²) in [7, 11) is -7.99. The third-order valence-electron chi connectivity index (χ3n) is 5.14. The number of amides is 1. The number of carbonyl (C=O) groups excluding carboxylic acids is 1. The molecule has 2 fully saturated rings. The van der Waals surface area contributed by atoms with E-state index in [1.807, 2.05) is 4.72 Å². The minimum absolute atomic E-state index is 0.0905. The van der Waals surface area contributed by atoms with Crippen molar-refractivity contribution in [1.29, 1.82) is 0 Å². The summed E-state index contributed by atoms with van der Waals surface area (Å²) >= 11 is 0. The highest BCUT2D eigenvalue weighted by Crippen LogP contribution is 2.52. The predicted molar refractivity (Wildman–Crippen MR) is 86.8 cm³/mol. The van der Waals surface area contributed by atoms with Crippen molar-refractivity contribution < 1.29 is 34.8 Å². The van der Waals surface area contributed by atoms with Crippen molar-refractivity contribution in [3.63, 3.8) is 0 Å². The second-order valence-corrected chi connectivity index (χ2v) is 10.6. The number of hydrogen-bond donors (Lipinski definition) is 1. The summed E-state index contributed by atoms with van der Waals surface area (Å²) in [4.78, 5) is 12.1. The number of alkyl halides is 3. The van der Waals surface area contributed by atoms with Gasteiger partial charge in [0.15, 0.2) is 0 Å². The molecule has 14 heteroatoms. The number of halogens is 3. The number of sulfonamides is 2. The van der Waals surface area contributed by atoms with Crippen LogP contribution >= 0.6 is 0 Å². The molecule has 3 aliphatic heterocycles. The highest BCUT2D eigenvalue weighted by Gasteiger charge is 2.65.